The number of nitrogens with zero attached hydrogens (tertiary/aromatic N) is 1. The summed E-state index contributed by atoms with van der Waals surface area (Å²) in [6.45, 7) is 8.59. The Morgan fingerprint density at radius 3 is 2.76 bits per heavy atom. The molecule has 1 unspecified atom stereocenters. The predicted octanol–water partition coefficient (Wildman–Crippen LogP) is 2.51. The molecule has 1 saturated heterocycles. The van der Waals surface area contributed by atoms with Gasteiger partial charge in [0.15, 0.2) is 0 Å². The topological polar surface area (TPSA) is 15.3 Å². The second-order valence-electron chi connectivity index (χ2n) is 4.91. The second-order valence-corrected chi connectivity index (χ2v) is 4.91. The fourth-order valence-electron chi connectivity index (χ4n) is 2.30. The highest BCUT2D eigenvalue weighted by molar-refractivity contribution is 5.46. The molecule has 1 N–H and O–H groups in total. The molecule has 1 fully saturated rings. The number of benzene rings is 1. The van der Waals surface area contributed by atoms with Gasteiger partial charge in [0.1, 0.15) is 5.82 Å². The predicted molar refractivity (Wildman–Crippen MR) is 69.8 cm³/mol. The smallest absolute Gasteiger partial charge is 0.125 e. The van der Waals surface area contributed by atoms with E-state index in [9.17, 15) is 4.39 Å². The van der Waals surface area contributed by atoms with E-state index in [0.29, 0.717) is 5.92 Å². The molecule has 1 atom stereocenters. The molecule has 94 valence electrons. The van der Waals surface area contributed by atoms with Crippen LogP contribution in [0.15, 0.2) is 24.3 Å². The van der Waals surface area contributed by atoms with Crippen LogP contribution in [0.25, 0.3) is 0 Å². The number of hydrogen-bond acceptors (Lipinski definition) is 2. The third kappa shape index (κ3) is 2.97. The van der Waals surface area contributed by atoms with E-state index >= 15 is 0 Å². The molecule has 1 heterocycles. The zero-order valence-electron chi connectivity index (χ0n) is 10.6. The molecule has 2 rings (SSSR count). The quantitative estimate of drug-likeness (QED) is 0.845. The van der Waals surface area contributed by atoms with Crippen molar-refractivity contribution >= 4 is 5.69 Å². The minimum Gasteiger partial charge on any atom is -0.371 e. The third-order valence-corrected chi connectivity index (χ3v) is 3.68. The SMILES string of the molecule is CCN(CC(C)C1CNC1)c1cccc(F)c1. The Labute approximate surface area is 103 Å². The molecular formula is C14H21FN2. The summed E-state index contributed by atoms with van der Waals surface area (Å²) in [4.78, 5) is 2.26. The Balaban J connectivity index is 2.00. The summed E-state index contributed by atoms with van der Waals surface area (Å²) < 4.78 is 13.2. The monoisotopic (exact) mass is 236 g/mol. The minimum atomic E-state index is -0.154. The summed E-state index contributed by atoms with van der Waals surface area (Å²) in [5.41, 5.74) is 0.992. The Morgan fingerprint density at radius 2 is 2.24 bits per heavy atom. The number of nitrogens with one attached hydrogen (secondary N) is 1. The van der Waals surface area contributed by atoms with Gasteiger partial charge in [-0.2, -0.15) is 0 Å². The van der Waals surface area contributed by atoms with Crippen molar-refractivity contribution in [3.63, 3.8) is 0 Å². The van der Waals surface area contributed by atoms with Crippen molar-refractivity contribution in [2.24, 2.45) is 11.8 Å². The van der Waals surface area contributed by atoms with Gasteiger partial charge in [-0.25, -0.2) is 4.39 Å². The van der Waals surface area contributed by atoms with Crippen molar-refractivity contribution in [1.82, 2.24) is 5.32 Å². The van der Waals surface area contributed by atoms with E-state index in [1.54, 1.807) is 12.1 Å². The van der Waals surface area contributed by atoms with E-state index in [2.05, 4.69) is 24.1 Å². The molecule has 1 aliphatic heterocycles. The van der Waals surface area contributed by atoms with Crippen LogP contribution >= 0.6 is 0 Å². The molecular weight excluding hydrogens is 215 g/mol. The van der Waals surface area contributed by atoms with Crippen LogP contribution in [0.2, 0.25) is 0 Å². The zero-order valence-corrected chi connectivity index (χ0v) is 10.6. The van der Waals surface area contributed by atoms with Crippen molar-refractivity contribution in [1.29, 1.82) is 0 Å². The van der Waals surface area contributed by atoms with Gasteiger partial charge in [-0.05, 0) is 50.0 Å². The number of hydrogen-bond donors (Lipinski definition) is 1. The fraction of sp³-hybridized carbons (Fsp3) is 0.571. The van der Waals surface area contributed by atoms with Crippen molar-refractivity contribution < 1.29 is 4.39 Å². The largest absolute Gasteiger partial charge is 0.371 e. The highest BCUT2D eigenvalue weighted by Gasteiger charge is 2.24. The fourth-order valence-corrected chi connectivity index (χ4v) is 2.30. The average Bonchev–Trinajstić information content (AvgIpc) is 2.23. The lowest BCUT2D eigenvalue weighted by molar-refractivity contribution is 0.251. The summed E-state index contributed by atoms with van der Waals surface area (Å²) >= 11 is 0. The van der Waals surface area contributed by atoms with Gasteiger partial charge >= 0.3 is 0 Å². The van der Waals surface area contributed by atoms with Gasteiger partial charge in [0.05, 0.1) is 0 Å². The van der Waals surface area contributed by atoms with Crippen LogP contribution in [0, 0.1) is 17.7 Å². The molecule has 17 heavy (non-hydrogen) atoms. The third-order valence-electron chi connectivity index (χ3n) is 3.68. The first kappa shape index (κ1) is 12.4. The van der Waals surface area contributed by atoms with E-state index in [4.69, 9.17) is 0 Å². The lowest BCUT2D eigenvalue weighted by Gasteiger charge is -2.36. The normalized spacial score (nSPS) is 17.6. The molecule has 0 radical (unpaired) electrons. The van der Waals surface area contributed by atoms with E-state index in [0.717, 1.165) is 37.8 Å². The maximum Gasteiger partial charge on any atom is 0.125 e. The first-order valence-corrected chi connectivity index (χ1v) is 6.42. The van der Waals surface area contributed by atoms with Crippen LogP contribution in [-0.2, 0) is 0 Å². The van der Waals surface area contributed by atoms with Gasteiger partial charge in [0.2, 0.25) is 0 Å². The maximum absolute atomic E-state index is 13.2. The van der Waals surface area contributed by atoms with Gasteiger partial charge in [-0.15, -0.1) is 0 Å². The number of rotatable bonds is 5. The number of halogens is 1. The maximum atomic E-state index is 13.2. The lowest BCUT2D eigenvalue weighted by Crippen LogP contribution is -2.48. The lowest BCUT2D eigenvalue weighted by atomic mass is 9.88. The minimum absolute atomic E-state index is 0.154. The Morgan fingerprint density at radius 1 is 1.47 bits per heavy atom. The van der Waals surface area contributed by atoms with E-state index < -0.39 is 0 Å². The molecule has 0 aromatic heterocycles. The first-order chi connectivity index (χ1) is 8.20. The van der Waals surface area contributed by atoms with Crippen LogP contribution in [0.1, 0.15) is 13.8 Å². The molecule has 1 aliphatic rings. The van der Waals surface area contributed by atoms with Gasteiger partial charge < -0.3 is 10.2 Å². The molecule has 0 spiro atoms. The highest BCUT2D eigenvalue weighted by atomic mass is 19.1. The van der Waals surface area contributed by atoms with Crippen molar-refractivity contribution in [3.8, 4) is 0 Å². The molecule has 1 aromatic rings. The van der Waals surface area contributed by atoms with E-state index in [1.165, 1.54) is 6.07 Å². The highest BCUT2D eigenvalue weighted by Crippen LogP contribution is 2.21. The van der Waals surface area contributed by atoms with Crippen molar-refractivity contribution in [2.75, 3.05) is 31.1 Å². The number of anilines is 1. The van der Waals surface area contributed by atoms with E-state index in [1.807, 2.05) is 6.07 Å². The molecule has 3 heteroatoms. The molecule has 0 bridgehead atoms. The van der Waals surface area contributed by atoms with Crippen molar-refractivity contribution in [2.45, 2.75) is 13.8 Å². The van der Waals surface area contributed by atoms with Crippen LogP contribution in [-0.4, -0.2) is 26.2 Å². The first-order valence-electron chi connectivity index (χ1n) is 6.42. The van der Waals surface area contributed by atoms with Gasteiger partial charge in [-0.1, -0.05) is 13.0 Å². The van der Waals surface area contributed by atoms with Gasteiger partial charge in [0, 0.05) is 18.8 Å². The average molecular weight is 236 g/mol. The molecule has 0 amide bonds. The van der Waals surface area contributed by atoms with Crippen LogP contribution in [0.5, 0.6) is 0 Å². The standard InChI is InChI=1S/C14H21FN2/c1-3-17(10-11(2)12-8-16-9-12)14-6-4-5-13(15)7-14/h4-7,11-12,16H,3,8-10H2,1-2H3. The van der Waals surface area contributed by atoms with Crippen LogP contribution in [0.3, 0.4) is 0 Å². The Bertz CT molecular complexity index is 363. The molecule has 0 saturated carbocycles. The van der Waals surface area contributed by atoms with Gasteiger partial charge in [0.25, 0.3) is 0 Å². The van der Waals surface area contributed by atoms with Gasteiger partial charge in [-0.3, -0.25) is 0 Å². The summed E-state index contributed by atoms with van der Waals surface area (Å²) in [6.07, 6.45) is 0. The summed E-state index contributed by atoms with van der Waals surface area (Å²) in [5.74, 6) is 1.27. The molecule has 0 aliphatic carbocycles. The van der Waals surface area contributed by atoms with Crippen LogP contribution in [0.4, 0.5) is 10.1 Å². The summed E-state index contributed by atoms with van der Waals surface area (Å²) in [6, 6.07) is 6.88. The summed E-state index contributed by atoms with van der Waals surface area (Å²) in [5, 5.41) is 3.30. The zero-order chi connectivity index (χ0) is 12.3. The summed E-state index contributed by atoms with van der Waals surface area (Å²) in [7, 11) is 0. The Kier molecular flexibility index (Phi) is 4.00. The van der Waals surface area contributed by atoms with Crippen LogP contribution < -0.4 is 10.2 Å². The van der Waals surface area contributed by atoms with E-state index in [-0.39, 0.29) is 5.82 Å². The molecule has 1 aromatic carbocycles. The second kappa shape index (κ2) is 5.50. The Hall–Kier alpha value is -1.09. The molecule has 2 nitrogen and oxygen atoms in total. The van der Waals surface area contributed by atoms with Crippen molar-refractivity contribution in [3.05, 3.63) is 30.1 Å².